The molecule has 0 aliphatic rings. The Labute approximate surface area is 103 Å². The Hall–Kier alpha value is 0.680. The summed E-state index contributed by atoms with van der Waals surface area (Å²) in [6, 6.07) is 0. The monoisotopic (exact) mass is 350 g/mol. The predicted molar refractivity (Wildman–Crippen MR) is 65.5 cm³/mol. The van der Waals surface area contributed by atoms with Crippen molar-refractivity contribution in [3.8, 4) is 0 Å². The van der Waals surface area contributed by atoms with E-state index in [1.54, 1.807) is 5.82 Å². The summed E-state index contributed by atoms with van der Waals surface area (Å²) in [6.45, 7) is 6.69. The summed E-state index contributed by atoms with van der Waals surface area (Å²) in [6.07, 6.45) is 2.49. The summed E-state index contributed by atoms with van der Waals surface area (Å²) in [4.78, 5) is 0. The van der Waals surface area contributed by atoms with Crippen molar-refractivity contribution in [2.24, 2.45) is 0 Å². The summed E-state index contributed by atoms with van der Waals surface area (Å²) in [5, 5.41) is 0. The molecule has 0 aromatic heterocycles. The zero-order chi connectivity index (χ0) is 11.6. The molecule has 0 aliphatic heterocycles. The normalized spacial score (nSPS) is 12.5. The van der Waals surface area contributed by atoms with Crippen molar-refractivity contribution >= 4 is 28.5 Å². The molecule has 0 unspecified atom stereocenters. The molecule has 0 heterocycles. The van der Waals surface area contributed by atoms with E-state index in [4.69, 9.17) is 9.05 Å². The minimum absolute atomic E-state index is 0.151. The van der Waals surface area contributed by atoms with Crippen LogP contribution in [0.25, 0.3) is 0 Å². The average molecular weight is 348 g/mol. The third-order valence-electron chi connectivity index (χ3n) is 1.57. The van der Waals surface area contributed by atoms with Gasteiger partial charge in [0.2, 0.25) is 0 Å². The number of rotatable bonds is 9. The van der Waals surface area contributed by atoms with Crippen LogP contribution in [-0.4, -0.2) is 34.1 Å². The van der Waals surface area contributed by atoms with Crippen LogP contribution < -0.4 is 0 Å². The van der Waals surface area contributed by atoms with Gasteiger partial charge < -0.3 is 0 Å². The first-order valence-corrected chi connectivity index (χ1v) is 9.97. The van der Waals surface area contributed by atoms with Crippen LogP contribution in [0.5, 0.6) is 0 Å². The van der Waals surface area contributed by atoms with Gasteiger partial charge in [-0.15, -0.1) is 0 Å². The second-order valence-corrected chi connectivity index (χ2v) is 7.67. The van der Waals surface area contributed by atoms with Gasteiger partial charge in [-0.1, -0.05) is 0 Å². The van der Waals surface area contributed by atoms with E-state index >= 15 is 0 Å². The standard InChI is InChI=1S/C10H21O3PTe/c1-4-7-9-15-10-8-14(11,12-5-2)13-6-3/h8,10H,4-7,9H2,1-3H3/b10-8-. The molecule has 0 fully saturated rings. The molecule has 5 heteroatoms. The van der Waals surface area contributed by atoms with Crippen molar-refractivity contribution in [3.05, 3.63) is 9.94 Å². The van der Waals surface area contributed by atoms with Crippen molar-refractivity contribution < 1.29 is 13.6 Å². The second kappa shape index (κ2) is 9.87. The molecule has 15 heavy (non-hydrogen) atoms. The van der Waals surface area contributed by atoms with Crippen LogP contribution >= 0.6 is 7.60 Å². The molecule has 0 saturated carbocycles. The molecule has 0 spiro atoms. The first-order valence-electron chi connectivity index (χ1n) is 5.36. The van der Waals surface area contributed by atoms with Gasteiger partial charge in [-0.05, 0) is 0 Å². The van der Waals surface area contributed by atoms with Crippen LogP contribution in [0.1, 0.15) is 33.6 Å². The summed E-state index contributed by atoms with van der Waals surface area (Å²) in [5.41, 5.74) is 0. The van der Waals surface area contributed by atoms with E-state index in [-0.39, 0.29) is 20.9 Å². The molecule has 0 atom stereocenters. The SMILES string of the molecule is CCCC[Te]/C=C\P(=O)(OCC)OCC. The summed E-state index contributed by atoms with van der Waals surface area (Å²) < 4.78 is 25.5. The Bertz CT molecular complexity index is 209. The average Bonchev–Trinajstić information content (AvgIpc) is 2.18. The van der Waals surface area contributed by atoms with E-state index in [1.807, 2.05) is 18.0 Å². The molecule has 0 rings (SSSR count). The maximum atomic E-state index is 11.9. The minimum atomic E-state index is -2.92. The van der Waals surface area contributed by atoms with Gasteiger partial charge in [-0.2, -0.15) is 0 Å². The molecule has 0 aromatic carbocycles. The van der Waals surface area contributed by atoms with Gasteiger partial charge in [0.1, 0.15) is 0 Å². The van der Waals surface area contributed by atoms with E-state index in [9.17, 15) is 4.57 Å². The van der Waals surface area contributed by atoms with Crippen LogP contribution in [0.2, 0.25) is 4.47 Å². The van der Waals surface area contributed by atoms with Crippen LogP contribution in [-0.2, 0) is 13.6 Å². The fourth-order valence-electron chi connectivity index (χ4n) is 0.897. The number of hydrogen-bond donors (Lipinski definition) is 0. The van der Waals surface area contributed by atoms with Crippen LogP contribution in [0.4, 0.5) is 0 Å². The van der Waals surface area contributed by atoms with Crippen molar-refractivity contribution in [1.29, 1.82) is 0 Å². The molecular formula is C10H21O3PTe. The Morgan fingerprint density at radius 2 is 1.80 bits per heavy atom. The number of hydrogen-bond acceptors (Lipinski definition) is 3. The van der Waals surface area contributed by atoms with Crippen LogP contribution in [0.15, 0.2) is 9.94 Å². The topological polar surface area (TPSA) is 35.5 Å². The van der Waals surface area contributed by atoms with Gasteiger partial charge in [-0.25, -0.2) is 0 Å². The van der Waals surface area contributed by atoms with E-state index < -0.39 is 7.60 Å². The summed E-state index contributed by atoms with van der Waals surface area (Å²) >= 11 is -0.151. The fraction of sp³-hybridized carbons (Fsp3) is 0.800. The molecule has 0 N–H and O–H groups in total. The molecule has 0 aromatic rings. The molecule has 0 bridgehead atoms. The molecule has 0 aliphatic carbocycles. The Kier molecular flexibility index (Phi) is 10.3. The zero-order valence-electron chi connectivity index (χ0n) is 9.77. The zero-order valence-corrected chi connectivity index (χ0v) is 13.0. The third-order valence-corrected chi connectivity index (χ3v) is 6.38. The molecule has 0 radical (unpaired) electrons. The van der Waals surface area contributed by atoms with E-state index in [2.05, 4.69) is 6.92 Å². The number of unbranched alkanes of at least 4 members (excludes halogenated alkanes) is 1. The van der Waals surface area contributed by atoms with Gasteiger partial charge in [0.15, 0.2) is 0 Å². The molecular weight excluding hydrogens is 327 g/mol. The molecule has 0 amide bonds. The molecule has 90 valence electrons. The quantitative estimate of drug-likeness (QED) is 0.363. The van der Waals surface area contributed by atoms with Crippen molar-refractivity contribution in [2.75, 3.05) is 13.2 Å². The maximum absolute atomic E-state index is 11.9. The van der Waals surface area contributed by atoms with Gasteiger partial charge in [-0.3, -0.25) is 0 Å². The predicted octanol–water partition coefficient (Wildman–Crippen LogP) is 3.65. The first kappa shape index (κ1) is 15.7. The molecule has 3 nitrogen and oxygen atoms in total. The van der Waals surface area contributed by atoms with Crippen molar-refractivity contribution in [1.82, 2.24) is 0 Å². The van der Waals surface area contributed by atoms with Gasteiger partial charge in [0, 0.05) is 0 Å². The summed E-state index contributed by atoms with van der Waals surface area (Å²) in [7, 11) is -2.92. The first-order chi connectivity index (χ1) is 7.18. The summed E-state index contributed by atoms with van der Waals surface area (Å²) in [5.74, 6) is 1.65. The third kappa shape index (κ3) is 8.48. The second-order valence-electron chi connectivity index (χ2n) is 2.88. The Balaban J connectivity index is 3.98. The molecule has 0 saturated heterocycles. The van der Waals surface area contributed by atoms with E-state index in [0.717, 1.165) is 0 Å². The van der Waals surface area contributed by atoms with Gasteiger partial charge >= 0.3 is 103 Å². The van der Waals surface area contributed by atoms with E-state index in [0.29, 0.717) is 13.2 Å². The van der Waals surface area contributed by atoms with Crippen LogP contribution in [0.3, 0.4) is 0 Å². The van der Waals surface area contributed by atoms with Crippen LogP contribution in [0, 0.1) is 0 Å². The van der Waals surface area contributed by atoms with Gasteiger partial charge in [0.25, 0.3) is 0 Å². The van der Waals surface area contributed by atoms with Gasteiger partial charge in [0.05, 0.1) is 0 Å². The Morgan fingerprint density at radius 1 is 1.20 bits per heavy atom. The van der Waals surface area contributed by atoms with E-state index in [1.165, 1.54) is 17.3 Å². The van der Waals surface area contributed by atoms with Crippen molar-refractivity contribution in [2.45, 2.75) is 38.1 Å². The Morgan fingerprint density at radius 3 is 2.27 bits per heavy atom. The fourth-order valence-corrected chi connectivity index (χ4v) is 5.80. The van der Waals surface area contributed by atoms with Crippen molar-refractivity contribution in [3.63, 3.8) is 0 Å².